The summed E-state index contributed by atoms with van der Waals surface area (Å²) in [5.41, 5.74) is 6.53. The molecule has 0 aliphatic carbocycles. The second kappa shape index (κ2) is 6.78. The number of carbonyl (C=O) groups excluding carboxylic acids is 2. The highest BCUT2D eigenvalue weighted by Gasteiger charge is 2.38. The molecule has 2 saturated heterocycles. The minimum atomic E-state index is -0.350. The van der Waals surface area contributed by atoms with Crippen LogP contribution in [0.3, 0.4) is 0 Å². The topological polar surface area (TPSA) is 84.5 Å². The van der Waals surface area contributed by atoms with E-state index < -0.39 is 0 Å². The molecule has 0 bridgehead atoms. The Balaban J connectivity index is 1.30. The molecule has 7 heteroatoms. The Bertz CT molecular complexity index is 639. The second-order valence-corrected chi connectivity index (χ2v) is 7.66. The third-order valence-corrected chi connectivity index (χ3v) is 5.90. The normalized spacial score (nSPS) is 25.4. The lowest BCUT2D eigenvalue weighted by molar-refractivity contribution is -0.130. The fourth-order valence-electron chi connectivity index (χ4n) is 4.44. The van der Waals surface area contributed by atoms with E-state index in [9.17, 15) is 9.59 Å². The largest absolute Gasteiger partial charge is 0.369 e. The summed E-state index contributed by atoms with van der Waals surface area (Å²) in [6.07, 6.45) is 8.02. The van der Waals surface area contributed by atoms with Gasteiger partial charge < -0.3 is 15.2 Å². The number of primary amides is 1. The minimum Gasteiger partial charge on any atom is -0.369 e. The first-order valence-electron chi connectivity index (χ1n) is 9.46. The number of rotatable bonds is 4. The van der Waals surface area contributed by atoms with Crippen LogP contribution in [0.4, 0.5) is 0 Å². The van der Waals surface area contributed by atoms with Crippen LogP contribution in [-0.2, 0) is 29.1 Å². The fraction of sp³-hybridized carbons (Fsp3) is 0.722. The number of amides is 2. The molecule has 4 rings (SSSR count). The molecular formula is C18H27N5O2. The Kier molecular flexibility index (Phi) is 4.50. The Morgan fingerprint density at radius 1 is 1.24 bits per heavy atom. The average Bonchev–Trinajstić information content (AvgIpc) is 3.18. The lowest BCUT2D eigenvalue weighted by atomic mass is 10.0. The summed E-state index contributed by atoms with van der Waals surface area (Å²) in [6, 6.07) is 0.253. The molecule has 1 atom stereocenters. The van der Waals surface area contributed by atoms with Crippen molar-refractivity contribution in [3.05, 3.63) is 17.7 Å². The van der Waals surface area contributed by atoms with E-state index in [1.165, 1.54) is 24.4 Å². The quantitative estimate of drug-likeness (QED) is 0.862. The van der Waals surface area contributed by atoms with Crippen molar-refractivity contribution in [1.82, 2.24) is 19.4 Å². The zero-order valence-electron chi connectivity index (χ0n) is 14.7. The zero-order chi connectivity index (χ0) is 17.4. The van der Waals surface area contributed by atoms with E-state index in [-0.39, 0.29) is 30.2 Å². The number of aromatic nitrogens is 2. The molecule has 0 radical (unpaired) electrons. The van der Waals surface area contributed by atoms with E-state index in [2.05, 4.69) is 15.7 Å². The van der Waals surface area contributed by atoms with Gasteiger partial charge in [-0.3, -0.25) is 14.5 Å². The molecule has 2 fully saturated rings. The number of aryl methyl sites for hydroxylation is 2. The van der Waals surface area contributed by atoms with Gasteiger partial charge in [0.2, 0.25) is 11.8 Å². The Morgan fingerprint density at radius 2 is 2.04 bits per heavy atom. The van der Waals surface area contributed by atoms with Crippen LogP contribution in [0.25, 0.3) is 0 Å². The zero-order valence-corrected chi connectivity index (χ0v) is 14.7. The van der Waals surface area contributed by atoms with Gasteiger partial charge in [-0.05, 0) is 25.7 Å². The summed E-state index contributed by atoms with van der Waals surface area (Å²) in [5.74, 6) is 0.666. The van der Waals surface area contributed by atoms with Gasteiger partial charge in [-0.25, -0.2) is 4.98 Å². The maximum Gasteiger partial charge on any atom is 0.223 e. The van der Waals surface area contributed by atoms with Crippen molar-refractivity contribution in [2.45, 2.75) is 57.7 Å². The highest BCUT2D eigenvalue weighted by molar-refractivity contribution is 5.88. The van der Waals surface area contributed by atoms with Gasteiger partial charge in [-0.1, -0.05) is 0 Å². The Morgan fingerprint density at radius 3 is 2.72 bits per heavy atom. The molecule has 2 amide bonds. The summed E-state index contributed by atoms with van der Waals surface area (Å²) in [7, 11) is 0. The molecule has 3 aliphatic rings. The number of fused-ring (bicyclic) bond motifs is 1. The summed E-state index contributed by atoms with van der Waals surface area (Å²) in [5, 5.41) is 0. The Hall–Kier alpha value is -1.89. The number of nitrogens with two attached hydrogens (primary N) is 1. The minimum absolute atomic E-state index is 0.0871. The van der Waals surface area contributed by atoms with Gasteiger partial charge >= 0.3 is 0 Å². The van der Waals surface area contributed by atoms with E-state index in [0.717, 1.165) is 45.4 Å². The van der Waals surface area contributed by atoms with Crippen molar-refractivity contribution in [2.24, 2.45) is 11.7 Å². The maximum absolute atomic E-state index is 12.2. The molecule has 1 unspecified atom stereocenters. The van der Waals surface area contributed by atoms with Gasteiger partial charge in [0.1, 0.15) is 5.82 Å². The van der Waals surface area contributed by atoms with Gasteiger partial charge in [0.15, 0.2) is 0 Å². The standard InChI is InChI=1S/C18H27N5O2/c19-18(25)13-9-17(24)23(10-13)15-4-7-21(8-5-15)11-14-12-22-6-2-1-3-16(22)20-14/h12-13,15H,1-11H2,(H2,19,25). The van der Waals surface area contributed by atoms with Crippen molar-refractivity contribution < 1.29 is 9.59 Å². The molecule has 1 aromatic rings. The molecule has 7 nitrogen and oxygen atoms in total. The molecule has 0 aromatic carbocycles. The van der Waals surface area contributed by atoms with E-state index in [4.69, 9.17) is 10.7 Å². The monoisotopic (exact) mass is 345 g/mol. The molecule has 136 valence electrons. The van der Waals surface area contributed by atoms with Crippen molar-refractivity contribution in [3.8, 4) is 0 Å². The molecule has 3 aliphatic heterocycles. The van der Waals surface area contributed by atoms with Crippen LogP contribution in [-0.4, -0.2) is 56.8 Å². The first kappa shape index (κ1) is 16.6. The molecule has 0 spiro atoms. The maximum atomic E-state index is 12.2. The summed E-state index contributed by atoms with van der Waals surface area (Å²) in [4.78, 5) is 32.6. The molecule has 25 heavy (non-hydrogen) atoms. The first-order chi connectivity index (χ1) is 12.1. The highest BCUT2D eigenvalue weighted by Crippen LogP contribution is 2.26. The van der Waals surface area contributed by atoms with Gasteiger partial charge in [-0.2, -0.15) is 0 Å². The van der Waals surface area contributed by atoms with Crippen LogP contribution in [0.15, 0.2) is 6.20 Å². The van der Waals surface area contributed by atoms with E-state index in [0.29, 0.717) is 6.54 Å². The number of piperidine rings is 1. The van der Waals surface area contributed by atoms with Crippen LogP contribution >= 0.6 is 0 Å². The van der Waals surface area contributed by atoms with Gasteiger partial charge in [0.25, 0.3) is 0 Å². The highest BCUT2D eigenvalue weighted by atomic mass is 16.2. The molecule has 2 N–H and O–H groups in total. The predicted octanol–water partition coefficient (Wildman–Crippen LogP) is 0.518. The second-order valence-electron chi connectivity index (χ2n) is 7.66. The number of hydrogen-bond donors (Lipinski definition) is 1. The lowest BCUT2D eigenvalue weighted by Crippen LogP contribution is -2.45. The van der Waals surface area contributed by atoms with Crippen LogP contribution in [0.1, 0.15) is 43.6 Å². The van der Waals surface area contributed by atoms with Crippen LogP contribution in [0, 0.1) is 5.92 Å². The van der Waals surface area contributed by atoms with Crippen LogP contribution in [0.2, 0.25) is 0 Å². The van der Waals surface area contributed by atoms with Crippen molar-refractivity contribution in [1.29, 1.82) is 0 Å². The molecule has 1 aromatic heterocycles. The third-order valence-electron chi connectivity index (χ3n) is 5.90. The predicted molar refractivity (Wildman–Crippen MR) is 92.5 cm³/mol. The number of hydrogen-bond acceptors (Lipinski definition) is 4. The lowest BCUT2D eigenvalue weighted by Gasteiger charge is -2.36. The van der Waals surface area contributed by atoms with Crippen molar-refractivity contribution in [3.63, 3.8) is 0 Å². The summed E-state index contributed by atoms with van der Waals surface area (Å²) in [6.45, 7) is 4.44. The van der Waals surface area contributed by atoms with E-state index in [1.54, 1.807) is 0 Å². The number of carbonyl (C=O) groups is 2. The number of imidazole rings is 1. The van der Waals surface area contributed by atoms with Gasteiger partial charge in [0.05, 0.1) is 11.6 Å². The van der Waals surface area contributed by atoms with Crippen LogP contribution in [0.5, 0.6) is 0 Å². The van der Waals surface area contributed by atoms with Gasteiger partial charge in [0, 0.05) is 57.8 Å². The molecular weight excluding hydrogens is 318 g/mol. The van der Waals surface area contributed by atoms with Crippen molar-refractivity contribution in [2.75, 3.05) is 19.6 Å². The molecule has 4 heterocycles. The van der Waals surface area contributed by atoms with Crippen LogP contribution < -0.4 is 5.73 Å². The Labute approximate surface area is 148 Å². The SMILES string of the molecule is NC(=O)C1CC(=O)N(C2CCN(Cc3cn4c(n3)CCCC4)CC2)C1. The third kappa shape index (κ3) is 3.42. The smallest absolute Gasteiger partial charge is 0.223 e. The average molecular weight is 345 g/mol. The van der Waals surface area contributed by atoms with E-state index in [1.807, 2.05) is 4.90 Å². The van der Waals surface area contributed by atoms with E-state index >= 15 is 0 Å². The van der Waals surface area contributed by atoms with Gasteiger partial charge in [-0.15, -0.1) is 0 Å². The first-order valence-corrected chi connectivity index (χ1v) is 9.46. The van der Waals surface area contributed by atoms with Crippen molar-refractivity contribution >= 4 is 11.8 Å². The summed E-state index contributed by atoms with van der Waals surface area (Å²) >= 11 is 0. The number of nitrogens with zero attached hydrogens (tertiary/aromatic N) is 4. The fourth-order valence-corrected chi connectivity index (χ4v) is 4.44. The molecule has 0 saturated carbocycles. The summed E-state index contributed by atoms with van der Waals surface area (Å²) < 4.78 is 2.30. The number of likely N-dealkylation sites (tertiary alicyclic amines) is 2.